The van der Waals surface area contributed by atoms with Crippen LogP contribution in [0, 0.1) is 0 Å². The number of methoxy groups -OCH3 is 2. The van der Waals surface area contributed by atoms with Crippen molar-refractivity contribution in [3.05, 3.63) is 20.8 Å². The van der Waals surface area contributed by atoms with Gasteiger partial charge in [0.15, 0.2) is 11.2 Å². The van der Waals surface area contributed by atoms with E-state index >= 15 is 0 Å². The summed E-state index contributed by atoms with van der Waals surface area (Å²) in [4.78, 5) is 32.8. The smallest absolute Gasteiger partial charge is 0.329 e. The molecule has 22 heavy (non-hydrogen) atoms. The molecule has 2 aromatic heterocycles. The molecule has 0 amide bonds. The van der Waals surface area contributed by atoms with Gasteiger partial charge in [-0.15, -0.1) is 0 Å². The molecule has 3 rings (SSSR count). The van der Waals surface area contributed by atoms with Gasteiger partial charge in [-0.2, -0.15) is 4.98 Å². The fourth-order valence-corrected chi connectivity index (χ4v) is 2.72. The van der Waals surface area contributed by atoms with E-state index < -0.39 is 17.5 Å². The topological polar surface area (TPSA) is 137 Å². The van der Waals surface area contributed by atoms with Gasteiger partial charge < -0.3 is 19.9 Å². The van der Waals surface area contributed by atoms with Gasteiger partial charge in [-0.05, 0) is 0 Å². The third kappa shape index (κ3) is 2.30. The maximum atomic E-state index is 12.2. The van der Waals surface area contributed by atoms with E-state index in [0.29, 0.717) is 13.0 Å². The number of hydrogen-bond donors (Lipinski definition) is 3. The number of fused-ring (bicyclic) bond motifs is 1. The molecule has 1 aliphatic heterocycles. The number of nitrogens with two attached hydrogens (primary N) is 1. The van der Waals surface area contributed by atoms with Crippen LogP contribution in [0.1, 0.15) is 12.6 Å². The Kier molecular flexibility index (Phi) is 3.72. The summed E-state index contributed by atoms with van der Waals surface area (Å²) in [5, 5.41) is 0. The number of rotatable bonds is 4. The van der Waals surface area contributed by atoms with Crippen LogP contribution in [0.15, 0.2) is 9.59 Å². The van der Waals surface area contributed by atoms with Crippen molar-refractivity contribution in [3.63, 3.8) is 0 Å². The van der Waals surface area contributed by atoms with Crippen LogP contribution in [0.4, 0.5) is 5.95 Å². The highest BCUT2D eigenvalue weighted by atomic mass is 16.6. The van der Waals surface area contributed by atoms with Crippen LogP contribution in [0.3, 0.4) is 0 Å². The zero-order valence-electron chi connectivity index (χ0n) is 12.2. The van der Waals surface area contributed by atoms with E-state index in [4.69, 9.17) is 19.9 Å². The Bertz CT molecular complexity index is 793. The van der Waals surface area contributed by atoms with Gasteiger partial charge in [0.05, 0.1) is 12.7 Å². The Morgan fingerprint density at radius 1 is 1.41 bits per heavy atom. The average Bonchev–Trinajstić information content (AvgIpc) is 3.00. The first kappa shape index (κ1) is 14.8. The minimum atomic E-state index is -0.611. The summed E-state index contributed by atoms with van der Waals surface area (Å²) in [5.41, 5.74) is 4.77. The highest BCUT2D eigenvalue weighted by molar-refractivity contribution is 5.70. The lowest BCUT2D eigenvalue weighted by atomic mass is 10.2. The minimum Gasteiger partial charge on any atom is -0.382 e. The highest BCUT2D eigenvalue weighted by Gasteiger charge is 2.38. The fourth-order valence-electron chi connectivity index (χ4n) is 2.72. The summed E-state index contributed by atoms with van der Waals surface area (Å²) in [5.74, 6) is -0.0695. The third-order valence-corrected chi connectivity index (χ3v) is 3.70. The maximum absolute atomic E-state index is 12.2. The van der Waals surface area contributed by atoms with Crippen molar-refractivity contribution in [2.24, 2.45) is 0 Å². The van der Waals surface area contributed by atoms with E-state index in [2.05, 4.69) is 15.0 Å². The molecule has 4 N–H and O–H groups in total. The molecule has 3 heterocycles. The molecule has 0 spiro atoms. The molecule has 10 nitrogen and oxygen atoms in total. The summed E-state index contributed by atoms with van der Waals surface area (Å²) in [7, 11) is 3.13. The van der Waals surface area contributed by atoms with Gasteiger partial charge in [-0.1, -0.05) is 0 Å². The normalized spacial score (nSPS) is 25.1. The molecule has 0 aromatic carbocycles. The van der Waals surface area contributed by atoms with Crippen molar-refractivity contribution in [1.82, 2.24) is 19.5 Å². The first-order valence-corrected chi connectivity index (χ1v) is 6.72. The summed E-state index contributed by atoms with van der Waals surface area (Å²) in [6.07, 6.45) is -0.705. The molecule has 10 heteroatoms. The van der Waals surface area contributed by atoms with Gasteiger partial charge in [-0.25, -0.2) is 9.36 Å². The monoisotopic (exact) mass is 311 g/mol. The summed E-state index contributed by atoms with van der Waals surface area (Å²) < 4.78 is 17.5. The van der Waals surface area contributed by atoms with E-state index in [1.54, 1.807) is 14.2 Å². The molecule has 1 saturated heterocycles. The second-order valence-electron chi connectivity index (χ2n) is 5.04. The van der Waals surface area contributed by atoms with Crippen LogP contribution in [-0.2, 0) is 14.2 Å². The number of nitrogen functional groups attached to an aromatic ring is 1. The first-order valence-electron chi connectivity index (χ1n) is 6.72. The first-order chi connectivity index (χ1) is 10.5. The Morgan fingerprint density at radius 2 is 2.18 bits per heavy atom. The molecule has 1 unspecified atom stereocenters. The second-order valence-corrected chi connectivity index (χ2v) is 5.04. The van der Waals surface area contributed by atoms with Gasteiger partial charge in [-0.3, -0.25) is 14.8 Å². The van der Waals surface area contributed by atoms with Gasteiger partial charge in [0, 0.05) is 20.6 Å². The second kappa shape index (κ2) is 5.55. The van der Waals surface area contributed by atoms with Crippen LogP contribution in [0.25, 0.3) is 11.2 Å². The molecule has 120 valence electrons. The molecule has 3 atom stereocenters. The quantitative estimate of drug-likeness (QED) is 0.654. The number of anilines is 1. The van der Waals surface area contributed by atoms with Gasteiger partial charge in [0.1, 0.15) is 12.3 Å². The molecular weight excluding hydrogens is 294 g/mol. The third-order valence-electron chi connectivity index (χ3n) is 3.70. The van der Waals surface area contributed by atoms with Crippen LogP contribution >= 0.6 is 0 Å². The van der Waals surface area contributed by atoms with Crippen LogP contribution in [0.5, 0.6) is 0 Å². The van der Waals surface area contributed by atoms with Crippen molar-refractivity contribution in [2.45, 2.75) is 24.9 Å². The van der Waals surface area contributed by atoms with Crippen molar-refractivity contribution in [1.29, 1.82) is 0 Å². The lowest BCUT2D eigenvalue weighted by Crippen LogP contribution is -2.27. The number of imidazole rings is 1. The van der Waals surface area contributed by atoms with E-state index in [0.717, 1.165) is 0 Å². The standard InChI is InChI=1S/C12H17N5O5/c1-20-4-6-5(21-2)3-7(22-6)17-9-8(14-12(17)19)10(18)16-11(13)15-9/h5-7H,3-4H2,1-2H3,(H,14,19)(H3,13,15,16,18)/t5-,6?,7+/m0/s1. The molecule has 0 bridgehead atoms. The number of nitrogens with zero attached hydrogens (tertiary/aromatic N) is 2. The van der Waals surface area contributed by atoms with Gasteiger partial charge >= 0.3 is 5.69 Å². The number of nitrogens with one attached hydrogen (secondary N) is 2. The van der Waals surface area contributed by atoms with Crippen LogP contribution < -0.4 is 17.0 Å². The molecule has 1 fully saturated rings. The number of aromatic amines is 2. The fraction of sp³-hybridized carbons (Fsp3) is 0.583. The minimum absolute atomic E-state index is 0.0620. The Balaban J connectivity index is 2.06. The van der Waals surface area contributed by atoms with E-state index in [1.807, 2.05) is 0 Å². The van der Waals surface area contributed by atoms with Crippen molar-refractivity contribution in [3.8, 4) is 0 Å². The van der Waals surface area contributed by atoms with E-state index in [1.165, 1.54) is 4.57 Å². The van der Waals surface area contributed by atoms with Crippen molar-refractivity contribution in [2.75, 3.05) is 26.6 Å². The van der Waals surface area contributed by atoms with Crippen molar-refractivity contribution < 1.29 is 14.2 Å². The average molecular weight is 311 g/mol. The maximum Gasteiger partial charge on any atom is 0.329 e. The Hall–Kier alpha value is -2.17. The Morgan fingerprint density at radius 3 is 2.86 bits per heavy atom. The summed E-state index contributed by atoms with van der Waals surface area (Å²) >= 11 is 0. The van der Waals surface area contributed by atoms with Crippen molar-refractivity contribution >= 4 is 17.1 Å². The molecule has 0 radical (unpaired) electrons. The van der Waals surface area contributed by atoms with Crippen LogP contribution in [-0.4, -0.2) is 52.6 Å². The number of hydrogen-bond acceptors (Lipinski definition) is 7. The lowest BCUT2D eigenvalue weighted by Gasteiger charge is -2.15. The largest absolute Gasteiger partial charge is 0.382 e. The highest BCUT2D eigenvalue weighted by Crippen LogP contribution is 2.31. The van der Waals surface area contributed by atoms with Crippen LogP contribution in [0.2, 0.25) is 0 Å². The zero-order valence-corrected chi connectivity index (χ0v) is 12.2. The molecule has 0 saturated carbocycles. The zero-order chi connectivity index (χ0) is 15.9. The van der Waals surface area contributed by atoms with E-state index in [9.17, 15) is 9.59 Å². The molecule has 0 aliphatic carbocycles. The van der Waals surface area contributed by atoms with Gasteiger partial charge in [0.2, 0.25) is 5.95 Å². The van der Waals surface area contributed by atoms with Gasteiger partial charge in [0.25, 0.3) is 5.56 Å². The number of aromatic nitrogens is 4. The molecule has 1 aliphatic rings. The number of ether oxygens (including phenoxy) is 3. The Labute approximate surface area is 124 Å². The predicted molar refractivity (Wildman–Crippen MR) is 76.6 cm³/mol. The lowest BCUT2D eigenvalue weighted by molar-refractivity contribution is -0.0604. The SMILES string of the molecule is COCC1O[C@@H](n2c(=O)[nH]c3c(=O)[nH]c(N)nc32)C[C@@H]1OC. The molecular formula is C12H17N5O5. The predicted octanol–water partition coefficient (Wildman–Crippen LogP) is -1.06. The summed E-state index contributed by atoms with van der Waals surface area (Å²) in [6.45, 7) is 0.336. The molecule has 2 aromatic rings. The number of H-pyrrole nitrogens is 2. The summed E-state index contributed by atoms with van der Waals surface area (Å²) in [6, 6.07) is 0. The van der Waals surface area contributed by atoms with E-state index in [-0.39, 0.29) is 29.3 Å².